The lowest BCUT2D eigenvalue weighted by Crippen LogP contribution is -2.39. The third-order valence-electron chi connectivity index (χ3n) is 3.81. The van der Waals surface area contributed by atoms with Crippen molar-refractivity contribution >= 4 is 6.29 Å². The Bertz CT molecular complexity index is 393. The van der Waals surface area contributed by atoms with Crippen LogP contribution < -0.4 is 0 Å². The van der Waals surface area contributed by atoms with E-state index in [0.717, 1.165) is 37.9 Å². The molecule has 2 unspecified atom stereocenters. The summed E-state index contributed by atoms with van der Waals surface area (Å²) in [7, 11) is 1.75. The molecule has 1 heterocycles. The van der Waals surface area contributed by atoms with E-state index < -0.39 is 5.41 Å². The van der Waals surface area contributed by atoms with Crippen molar-refractivity contribution in [1.29, 1.82) is 0 Å². The smallest absolute Gasteiger partial charge is 0.131 e. The molecule has 0 aliphatic carbocycles. The van der Waals surface area contributed by atoms with Gasteiger partial charge in [-0.1, -0.05) is 30.3 Å². The average Bonchev–Trinajstić information content (AvgIpc) is 2.87. The Labute approximate surface area is 109 Å². The summed E-state index contributed by atoms with van der Waals surface area (Å²) in [6.45, 7) is 4.71. The maximum Gasteiger partial charge on any atom is 0.131 e. The van der Waals surface area contributed by atoms with Gasteiger partial charge in [0, 0.05) is 26.7 Å². The Morgan fingerprint density at radius 3 is 2.72 bits per heavy atom. The van der Waals surface area contributed by atoms with Crippen LogP contribution in [0.5, 0.6) is 0 Å². The molecule has 1 aromatic rings. The van der Waals surface area contributed by atoms with E-state index in [4.69, 9.17) is 4.74 Å². The standard InChI is InChI=1S/C15H21NO2/c1-15(12-17,13-6-4-3-5-7-13)11-16-9-8-14(10-16)18-2/h3-7,12,14H,8-11H2,1-2H3. The van der Waals surface area contributed by atoms with Crippen molar-refractivity contribution in [2.75, 3.05) is 26.7 Å². The summed E-state index contributed by atoms with van der Waals surface area (Å²) in [5, 5.41) is 0. The zero-order valence-electron chi connectivity index (χ0n) is 11.1. The van der Waals surface area contributed by atoms with Gasteiger partial charge in [-0.2, -0.15) is 0 Å². The normalized spacial score (nSPS) is 23.8. The Hall–Kier alpha value is -1.19. The number of benzene rings is 1. The van der Waals surface area contributed by atoms with E-state index >= 15 is 0 Å². The van der Waals surface area contributed by atoms with Crippen LogP contribution in [0, 0.1) is 0 Å². The Balaban J connectivity index is 2.07. The third-order valence-corrected chi connectivity index (χ3v) is 3.81. The van der Waals surface area contributed by atoms with Crippen molar-refractivity contribution in [3.63, 3.8) is 0 Å². The molecule has 1 aliphatic rings. The van der Waals surface area contributed by atoms with Crippen molar-refractivity contribution in [3.05, 3.63) is 35.9 Å². The largest absolute Gasteiger partial charge is 0.380 e. The van der Waals surface area contributed by atoms with E-state index in [-0.39, 0.29) is 0 Å². The van der Waals surface area contributed by atoms with Crippen LogP contribution >= 0.6 is 0 Å². The number of rotatable bonds is 5. The number of methoxy groups -OCH3 is 1. The SMILES string of the molecule is COC1CCN(CC(C)(C=O)c2ccccc2)C1. The van der Waals surface area contributed by atoms with Gasteiger partial charge in [-0.3, -0.25) is 4.90 Å². The number of nitrogens with zero attached hydrogens (tertiary/aromatic N) is 1. The highest BCUT2D eigenvalue weighted by molar-refractivity contribution is 5.68. The molecule has 1 fully saturated rings. The zero-order valence-corrected chi connectivity index (χ0v) is 11.1. The molecule has 3 nitrogen and oxygen atoms in total. The predicted octanol–water partition coefficient (Wildman–Crippen LogP) is 1.86. The van der Waals surface area contributed by atoms with Crippen LogP contribution in [0.15, 0.2) is 30.3 Å². The van der Waals surface area contributed by atoms with E-state index in [9.17, 15) is 4.79 Å². The number of hydrogen-bond donors (Lipinski definition) is 0. The average molecular weight is 247 g/mol. The number of carbonyl (C=O) groups is 1. The Kier molecular flexibility index (Phi) is 4.15. The molecule has 0 aromatic heterocycles. The van der Waals surface area contributed by atoms with Crippen molar-refractivity contribution in [3.8, 4) is 0 Å². The minimum absolute atomic E-state index is 0.316. The van der Waals surface area contributed by atoms with Gasteiger partial charge in [0.25, 0.3) is 0 Å². The number of carbonyl (C=O) groups excluding carboxylic acids is 1. The Morgan fingerprint density at radius 1 is 1.44 bits per heavy atom. The van der Waals surface area contributed by atoms with Gasteiger partial charge in [0.05, 0.1) is 11.5 Å². The summed E-state index contributed by atoms with van der Waals surface area (Å²) >= 11 is 0. The molecule has 3 heteroatoms. The topological polar surface area (TPSA) is 29.5 Å². The molecule has 0 spiro atoms. The fourth-order valence-electron chi connectivity index (χ4n) is 2.61. The summed E-state index contributed by atoms with van der Waals surface area (Å²) in [6.07, 6.45) is 2.44. The maximum absolute atomic E-state index is 11.5. The molecule has 0 amide bonds. The molecule has 0 N–H and O–H groups in total. The van der Waals surface area contributed by atoms with Crippen LogP contribution in [0.25, 0.3) is 0 Å². The molecule has 1 saturated heterocycles. The first-order valence-corrected chi connectivity index (χ1v) is 6.45. The molecule has 18 heavy (non-hydrogen) atoms. The van der Waals surface area contributed by atoms with Crippen LogP contribution in [0.2, 0.25) is 0 Å². The quantitative estimate of drug-likeness (QED) is 0.744. The first-order chi connectivity index (χ1) is 8.68. The Morgan fingerprint density at radius 2 is 2.17 bits per heavy atom. The van der Waals surface area contributed by atoms with Crippen LogP contribution in [0.4, 0.5) is 0 Å². The number of likely N-dealkylation sites (tertiary alicyclic amines) is 1. The van der Waals surface area contributed by atoms with Crippen molar-refractivity contribution in [1.82, 2.24) is 4.90 Å². The third kappa shape index (κ3) is 2.79. The van der Waals surface area contributed by atoms with E-state index in [1.165, 1.54) is 0 Å². The highest BCUT2D eigenvalue weighted by Crippen LogP contribution is 2.25. The first-order valence-electron chi connectivity index (χ1n) is 6.45. The fraction of sp³-hybridized carbons (Fsp3) is 0.533. The molecule has 0 bridgehead atoms. The van der Waals surface area contributed by atoms with E-state index in [2.05, 4.69) is 4.90 Å². The van der Waals surface area contributed by atoms with Gasteiger partial charge in [0.2, 0.25) is 0 Å². The highest BCUT2D eigenvalue weighted by atomic mass is 16.5. The number of hydrogen-bond acceptors (Lipinski definition) is 3. The zero-order chi connectivity index (χ0) is 13.0. The number of ether oxygens (including phenoxy) is 1. The van der Waals surface area contributed by atoms with Gasteiger partial charge in [0.15, 0.2) is 0 Å². The van der Waals surface area contributed by atoms with E-state index in [0.29, 0.717) is 6.10 Å². The summed E-state index contributed by atoms with van der Waals surface area (Å²) in [4.78, 5) is 13.8. The van der Waals surface area contributed by atoms with Gasteiger partial charge in [-0.15, -0.1) is 0 Å². The molecule has 2 rings (SSSR count). The minimum atomic E-state index is -0.427. The van der Waals surface area contributed by atoms with E-state index in [1.807, 2.05) is 37.3 Å². The van der Waals surface area contributed by atoms with Crippen molar-refractivity contribution in [2.45, 2.75) is 24.9 Å². The fourth-order valence-corrected chi connectivity index (χ4v) is 2.61. The van der Waals surface area contributed by atoms with Crippen LogP contribution in [0.1, 0.15) is 18.9 Å². The second kappa shape index (κ2) is 5.63. The van der Waals surface area contributed by atoms with Crippen molar-refractivity contribution < 1.29 is 9.53 Å². The predicted molar refractivity (Wildman–Crippen MR) is 71.7 cm³/mol. The summed E-state index contributed by atoms with van der Waals surface area (Å²) in [5.74, 6) is 0. The molecular weight excluding hydrogens is 226 g/mol. The van der Waals surface area contributed by atoms with Gasteiger partial charge in [0.1, 0.15) is 6.29 Å². The second-order valence-corrected chi connectivity index (χ2v) is 5.28. The lowest BCUT2D eigenvalue weighted by Gasteiger charge is -2.29. The van der Waals surface area contributed by atoms with Gasteiger partial charge >= 0.3 is 0 Å². The molecule has 1 aliphatic heterocycles. The molecule has 98 valence electrons. The maximum atomic E-state index is 11.5. The number of aldehydes is 1. The summed E-state index contributed by atoms with van der Waals surface area (Å²) in [6, 6.07) is 10.0. The van der Waals surface area contributed by atoms with Crippen LogP contribution in [-0.4, -0.2) is 44.0 Å². The van der Waals surface area contributed by atoms with Gasteiger partial charge in [-0.05, 0) is 18.9 Å². The van der Waals surface area contributed by atoms with Crippen LogP contribution in [-0.2, 0) is 14.9 Å². The summed E-state index contributed by atoms with van der Waals surface area (Å²) < 4.78 is 5.37. The summed E-state index contributed by atoms with van der Waals surface area (Å²) in [5.41, 5.74) is 0.657. The molecule has 0 radical (unpaired) electrons. The second-order valence-electron chi connectivity index (χ2n) is 5.28. The molecule has 2 atom stereocenters. The van der Waals surface area contributed by atoms with Crippen LogP contribution in [0.3, 0.4) is 0 Å². The van der Waals surface area contributed by atoms with Gasteiger partial charge < -0.3 is 9.53 Å². The molecular formula is C15H21NO2. The molecule has 1 aromatic carbocycles. The monoisotopic (exact) mass is 247 g/mol. The van der Waals surface area contributed by atoms with Gasteiger partial charge in [-0.25, -0.2) is 0 Å². The first kappa shape index (κ1) is 13.2. The van der Waals surface area contributed by atoms with E-state index in [1.54, 1.807) is 7.11 Å². The minimum Gasteiger partial charge on any atom is -0.380 e. The lowest BCUT2D eigenvalue weighted by atomic mass is 9.83. The van der Waals surface area contributed by atoms with Crippen molar-refractivity contribution in [2.24, 2.45) is 0 Å². The molecule has 0 saturated carbocycles. The lowest BCUT2D eigenvalue weighted by molar-refractivity contribution is -0.112. The highest BCUT2D eigenvalue weighted by Gasteiger charge is 2.32.